The second-order valence-corrected chi connectivity index (χ2v) is 3.63. The minimum Gasteiger partial charge on any atom is -0.461 e. The van der Waals surface area contributed by atoms with E-state index < -0.39 is 0 Å². The highest BCUT2D eigenvalue weighted by Crippen LogP contribution is 2.21. The summed E-state index contributed by atoms with van der Waals surface area (Å²) in [6.07, 6.45) is 6.69. The predicted octanol–water partition coefficient (Wildman–Crippen LogP) is 1.72. The molecule has 0 saturated carbocycles. The smallest absolute Gasteiger partial charge is 0.223 e. The zero-order valence-electron chi connectivity index (χ0n) is 9.95. The normalized spacial score (nSPS) is 11.9. The second-order valence-electron chi connectivity index (χ2n) is 3.63. The first-order valence-electron chi connectivity index (χ1n) is 5.34. The monoisotopic (exact) mass is 219 g/mol. The Balaban J connectivity index is 3.02. The Morgan fingerprint density at radius 1 is 1.50 bits per heavy atom. The lowest BCUT2D eigenvalue weighted by Crippen LogP contribution is -2.13. The van der Waals surface area contributed by atoms with Crippen LogP contribution in [0, 0.1) is 19.3 Å². The van der Waals surface area contributed by atoms with Crippen LogP contribution in [-0.4, -0.2) is 16.1 Å². The molecule has 0 radical (unpaired) electrons. The minimum absolute atomic E-state index is 0.317. The first-order valence-corrected chi connectivity index (χ1v) is 5.34. The zero-order chi connectivity index (χ0) is 12.1. The summed E-state index contributed by atoms with van der Waals surface area (Å²) in [6, 6.07) is 0. The molecule has 4 nitrogen and oxygen atoms in total. The Bertz CT molecular complexity index is 409. The van der Waals surface area contributed by atoms with Crippen LogP contribution in [0.25, 0.3) is 0 Å². The van der Waals surface area contributed by atoms with E-state index in [1.807, 2.05) is 6.92 Å². The lowest BCUT2D eigenvalue weighted by atomic mass is 10.3. The van der Waals surface area contributed by atoms with Crippen molar-refractivity contribution < 1.29 is 4.74 Å². The van der Waals surface area contributed by atoms with Crippen molar-refractivity contribution in [1.29, 1.82) is 0 Å². The van der Waals surface area contributed by atoms with Gasteiger partial charge in [0.2, 0.25) is 5.88 Å². The summed E-state index contributed by atoms with van der Waals surface area (Å²) in [5.41, 5.74) is 6.52. The number of anilines is 1. The maximum absolute atomic E-state index is 5.79. The van der Waals surface area contributed by atoms with E-state index >= 15 is 0 Å². The average Bonchev–Trinajstić information content (AvgIpc) is 2.25. The zero-order valence-corrected chi connectivity index (χ0v) is 9.95. The number of rotatable bonds is 4. The predicted molar refractivity (Wildman–Crippen MR) is 64.1 cm³/mol. The van der Waals surface area contributed by atoms with E-state index in [0.29, 0.717) is 17.5 Å². The van der Waals surface area contributed by atoms with Crippen LogP contribution < -0.4 is 10.5 Å². The molecule has 1 unspecified atom stereocenters. The van der Waals surface area contributed by atoms with Gasteiger partial charge in [0.1, 0.15) is 11.6 Å². The molecule has 0 aliphatic heterocycles. The molecule has 0 spiro atoms. The number of hydrogen-bond acceptors (Lipinski definition) is 4. The van der Waals surface area contributed by atoms with E-state index in [-0.39, 0.29) is 6.10 Å². The second kappa shape index (κ2) is 5.36. The molecule has 0 fully saturated rings. The Kier molecular flexibility index (Phi) is 4.12. The molecule has 0 aromatic carbocycles. The van der Waals surface area contributed by atoms with Crippen molar-refractivity contribution >= 4 is 5.82 Å². The van der Waals surface area contributed by atoms with Crippen LogP contribution in [0.2, 0.25) is 0 Å². The largest absolute Gasteiger partial charge is 0.461 e. The molecule has 0 aliphatic rings. The fourth-order valence-corrected chi connectivity index (χ4v) is 1.21. The molecule has 0 aliphatic carbocycles. The maximum atomic E-state index is 5.79. The van der Waals surface area contributed by atoms with Crippen LogP contribution in [0.1, 0.15) is 31.7 Å². The molecule has 0 saturated heterocycles. The quantitative estimate of drug-likeness (QED) is 0.783. The highest BCUT2D eigenvalue weighted by Gasteiger charge is 2.11. The molecule has 1 aromatic rings. The molecule has 1 rings (SSSR count). The summed E-state index contributed by atoms with van der Waals surface area (Å²) in [6.45, 7) is 5.67. The van der Waals surface area contributed by atoms with E-state index in [0.717, 1.165) is 18.4 Å². The molecule has 1 aromatic heterocycles. The van der Waals surface area contributed by atoms with Crippen molar-refractivity contribution in [3.05, 3.63) is 11.4 Å². The van der Waals surface area contributed by atoms with Crippen molar-refractivity contribution in [2.45, 2.75) is 39.7 Å². The van der Waals surface area contributed by atoms with E-state index in [1.165, 1.54) is 0 Å². The van der Waals surface area contributed by atoms with Gasteiger partial charge in [-0.05, 0) is 20.3 Å². The van der Waals surface area contributed by atoms with Crippen molar-refractivity contribution in [3.8, 4) is 18.2 Å². The first kappa shape index (κ1) is 12.3. The molecule has 2 N–H and O–H groups in total. The lowest BCUT2D eigenvalue weighted by molar-refractivity contribution is 0.264. The Hall–Kier alpha value is -1.76. The van der Waals surface area contributed by atoms with Crippen LogP contribution >= 0.6 is 0 Å². The van der Waals surface area contributed by atoms with Crippen LogP contribution in [0.4, 0.5) is 5.82 Å². The van der Waals surface area contributed by atoms with Gasteiger partial charge in [0, 0.05) is 6.42 Å². The lowest BCUT2D eigenvalue weighted by Gasteiger charge is -2.12. The minimum atomic E-state index is -0.317. The van der Waals surface area contributed by atoms with Gasteiger partial charge in [-0.3, -0.25) is 0 Å². The van der Waals surface area contributed by atoms with Crippen LogP contribution in [0.15, 0.2) is 0 Å². The molecule has 0 amide bonds. The highest BCUT2D eigenvalue weighted by molar-refractivity contribution is 5.44. The van der Waals surface area contributed by atoms with Crippen molar-refractivity contribution in [1.82, 2.24) is 9.97 Å². The Morgan fingerprint density at radius 2 is 2.19 bits per heavy atom. The summed E-state index contributed by atoms with van der Waals surface area (Å²) in [4.78, 5) is 8.49. The SMILES string of the molecule is C#CC(C)Oc1nc(CCC)nc(N)c1C. The summed E-state index contributed by atoms with van der Waals surface area (Å²) in [7, 11) is 0. The van der Waals surface area contributed by atoms with Crippen molar-refractivity contribution in [3.63, 3.8) is 0 Å². The van der Waals surface area contributed by atoms with E-state index in [4.69, 9.17) is 16.9 Å². The molecule has 1 heterocycles. The van der Waals surface area contributed by atoms with Gasteiger partial charge in [-0.2, -0.15) is 4.98 Å². The fourth-order valence-electron chi connectivity index (χ4n) is 1.21. The number of aryl methyl sites for hydroxylation is 1. The standard InChI is InChI=1S/C12H17N3O/c1-5-7-10-14-11(13)9(4)12(15-10)16-8(3)6-2/h2,8H,5,7H2,1,3-4H3,(H2,13,14,15). The number of nitrogens with two attached hydrogens (primary N) is 1. The van der Waals surface area contributed by atoms with Gasteiger partial charge < -0.3 is 10.5 Å². The summed E-state index contributed by atoms with van der Waals surface area (Å²) < 4.78 is 5.49. The molecular formula is C12H17N3O. The third kappa shape index (κ3) is 2.86. The van der Waals surface area contributed by atoms with Gasteiger partial charge in [-0.1, -0.05) is 12.8 Å². The molecule has 0 bridgehead atoms. The summed E-state index contributed by atoms with van der Waals surface area (Å²) in [5, 5.41) is 0. The van der Waals surface area contributed by atoms with Crippen molar-refractivity contribution in [2.24, 2.45) is 0 Å². The first-order chi connectivity index (χ1) is 7.58. The number of nitrogen functional groups attached to an aromatic ring is 1. The van der Waals surface area contributed by atoms with Gasteiger partial charge in [-0.15, -0.1) is 6.42 Å². The summed E-state index contributed by atoms with van der Waals surface area (Å²) in [5.74, 6) is 4.13. The number of aromatic nitrogens is 2. The van der Waals surface area contributed by atoms with Crippen LogP contribution in [-0.2, 0) is 6.42 Å². The number of nitrogens with zero attached hydrogens (tertiary/aromatic N) is 2. The number of ether oxygens (including phenoxy) is 1. The fraction of sp³-hybridized carbons (Fsp3) is 0.500. The average molecular weight is 219 g/mol. The maximum Gasteiger partial charge on any atom is 0.223 e. The summed E-state index contributed by atoms with van der Waals surface area (Å²) >= 11 is 0. The van der Waals surface area contributed by atoms with E-state index in [1.54, 1.807) is 6.92 Å². The molecule has 86 valence electrons. The molecular weight excluding hydrogens is 202 g/mol. The van der Waals surface area contributed by atoms with Gasteiger partial charge in [0.15, 0.2) is 6.10 Å². The molecule has 1 atom stereocenters. The molecule has 4 heteroatoms. The Morgan fingerprint density at radius 3 is 2.75 bits per heavy atom. The van der Waals surface area contributed by atoms with Gasteiger partial charge in [0.25, 0.3) is 0 Å². The van der Waals surface area contributed by atoms with Gasteiger partial charge >= 0.3 is 0 Å². The van der Waals surface area contributed by atoms with Gasteiger partial charge in [0.05, 0.1) is 5.56 Å². The number of hydrogen-bond donors (Lipinski definition) is 1. The van der Waals surface area contributed by atoms with Crippen LogP contribution in [0.5, 0.6) is 5.88 Å². The van der Waals surface area contributed by atoms with Crippen molar-refractivity contribution in [2.75, 3.05) is 5.73 Å². The highest BCUT2D eigenvalue weighted by atomic mass is 16.5. The van der Waals surface area contributed by atoms with Crippen LogP contribution in [0.3, 0.4) is 0 Å². The number of terminal acetylenes is 1. The van der Waals surface area contributed by atoms with E-state index in [2.05, 4.69) is 22.8 Å². The third-order valence-electron chi connectivity index (χ3n) is 2.18. The molecule has 16 heavy (non-hydrogen) atoms. The third-order valence-corrected chi connectivity index (χ3v) is 2.18. The topological polar surface area (TPSA) is 61.0 Å². The van der Waals surface area contributed by atoms with E-state index in [9.17, 15) is 0 Å². The van der Waals surface area contributed by atoms with Gasteiger partial charge in [-0.25, -0.2) is 4.98 Å². The Labute approximate surface area is 96.2 Å².